The number of halogens is 1. The molecule has 5 nitrogen and oxygen atoms in total. The maximum atomic E-state index is 13.1. The topological polar surface area (TPSA) is 82.2 Å². The maximum absolute atomic E-state index is 13.1. The normalized spacial score (nSPS) is 17.6. The number of hydrogen-bond acceptors (Lipinski definition) is 3. The third-order valence-electron chi connectivity index (χ3n) is 5.80. The number of carboxylic acids is 1. The molecule has 2 aromatic carbocycles. The first kappa shape index (κ1) is 19.8. The van der Waals surface area contributed by atoms with Gasteiger partial charge in [0.2, 0.25) is 0 Å². The molecule has 0 bridgehead atoms. The Balaban J connectivity index is 1.48. The van der Waals surface area contributed by atoms with Crippen LogP contribution in [0, 0.1) is 0 Å². The lowest BCUT2D eigenvalue weighted by Crippen LogP contribution is -2.38. The quantitative estimate of drug-likeness (QED) is 0.400. The van der Waals surface area contributed by atoms with Crippen molar-refractivity contribution in [2.75, 3.05) is 0 Å². The van der Waals surface area contributed by atoms with Crippen LogP contribution in [0.15, 0.2) is 60.0 Å². The van der Waals surface area contributed by atoms with Crippen molar-refractivity contribution in [2.45, 2.75) is 24.8 Å². The van der Waals surface area contributed by atoms with E-state index in [1.165, 1.54) is 16.9 Å². The van der Waals surface area contributed by atoms with E-state index in [-0.39, 0.29) is 24.3 Å². The van der Waals surface area contributed by atoms with E-state index in [1.807, 2.05) is 35.7 Å². The Hall–Kier alpha value is -3.09. The fourth-order valence-corrected chi connectivity index (χ4v) is 5.59. The number of amides is 1. The number of benzene rings is 2. The summed E-state index contributed by atoms with van der Waals surface area (Å²) in [6.07, 6.45) is 0.677. The van der Waals surface area contributed by atoms with Gasteiger partial charge in [-0.2, -0.15) is 0 Å². The Morgan fingerprint density at radius 2 is 1.97 bits per heavy atom. The second kappa shape index (κ2) is 7.87. The molecule has 1 aliphatic carbocycles. The van der Waals surface area contributed by atoms with Crippen molar-refractivity contribution in [3.63, 3.8) is 0 Å². The number of nitrogens with one attached hydrogen (secondary N) is 2. The summed E-state index contributed by atoms with van der Waals surface area (Å²) in [6.45, 7) is 0. The summed E-state index contributed by atoms with van der Waals surface area (Å²) < 4.78 is 0. The molecule has 2 heterocycles. The molecule has 3 N–H and O–H groups in total. The predicted molar refractivity (Wildman–Crippen MR) is 122 cm³/mol. The van der Waals surface area contributed by atoms with E-state index in [2.05, 4.69) is 22.4 Å². The van der Waals surface area contributed by atoms with Crippen LogP contribution >= 0.6 is 22.9 Å². The number of fused-ring (bicyclic) bond motifs is 2. The molecule has 4 aromatic rings. The molecule has 2 atom stereocenters. The summed E-state index contributed by atoms with van der Waals surface area (Å²) in [5.41, 5.74) is 4.62. The van der Waals surface area contributed by atoms with Crippen molar-refractivity contribution in [1.29, 1.82) is 0 Å². The van der Waals surface area contributed by atoms with E-state index in [0.717, 1.165) is 26.9 Å². The number of aromatic nitrogens is 1. The Morgan fingerprint density at radius 1 is 1.13 bits per heavy atom. The lowest BCUT2D eigenvalue weighted by atomic mass is 9.89. The molecule has 0 radical (unpaired) electrons. The Morgan fingerprint density at radius 3 is 2.81 bits per heavy atom. The highest BCUT2D eigenvalue weighted by molar-refractivity contribution is 7.10. The van der Waals surface area contributed by atoms with Crippen LogP contribution in [0.1, 0.15) is 38.0 Å². The molecule has 0 spiro atoms. The van der Waals surface area contributed by atoms with Crippen molar-refractivity contribution >= 4 is 45.7 Å². The minimum absolute atomic E-state index is 0.0187. The first-order valence-corrected chi connectivity index (χ1v) is 11.2. The van der Waals surface area contributed by atoms with Crippen molar-refractivity contribution in [3.05, 3.63) is 92.3 Å². The summed E-state index contributed by atoms with van der Waals surface area (Å²) in [6, 6.07) is 17.2. The van der Waals surface area contributed by atoms with Gasteiger partial charge in [-0.1, -0.05) is 35.9 Å². The molecule has 0 aliphatic heterocycles. The van der Waals surface area contributed by atoms with Gasteiger partial charge in [-0.25, -0.2) is 0 Å². The number of carbonyl (C=O) groups is 2. The lowest BCUT2D eigenvalue weighted by molar-refractivity contribution is -0.136. The minimum atomic E-state index is -0.854. The molecule has 0 fully saturated rings. The van der Waals surface area contributed by atoms with E-state index in [0.29, 0.717) is 17.1 Å². The molecule has 1 amide bonds. The number of aromatic amines is 1. The van der Waals surface area contributed by atoms with Crippen molar-refractivity contribution in [2.24, 2.45) is 0 Å². The summed E-state index contributed by atoms with van der Waals surface area (Å²) in [7, 11) is 0. The van der Waals surface area contributed by atoms with Gasteiger partial charge in [-0.05, 0) is 58.8 Å². The van der Waals surface area contributed by atoms with Crippen LogP contribution < -0.4 is 5.32 Å². The van der Waals surface area contributed by atoms with E-state index in [1.54, 1.807) is 12.1 Å². The van der Waals surface area contributed by atoms with Crippen LogP contribution in [-0.2, 0) is 17.6 Å². The predicted octanol–water partition coefficient (Wildman–Crippen LogP) is 5.00. The Bertz CT molecular complexity index is 1310. The van der Waals surface area contributed by atoms with Crippen molar-refractivity contribution in [1.82, 2.24) is 10.3 Å². The second-order valence-electron chi connectivity index (χ2n) is 7.74. The van der Waals surface area contributed by atoms with Gasteiger partial charge in [0.05, 0.1) is 6.42 Å². The fourth-order valence-electron chi connectivity index (χ4n) is 4.49. The number of carboxylic acid groups (broad SMARTS) is 1. The molecule has 0 unspecified atom stereocenters. The highest BCUT2D eigenvalue weighted by atomic mass is 35.5. The van der Waals surface area contributed by atoms with Crippen LogP contribution in [0.2, 0.25) is 5.02 Å². The van der Waals surface area contributed by atoms with Gasteiger partial charge in [-0.3, -0.25) is 9.59 Å². The number of H-pyrrole nitrogens is 1. The average Bonchev–Trinajstić information content (AvgIpc) is 3.43. The van der Waals surface area contributed by atoms with Crippen LogP contribution in [-0.4, -0.2) is 28.0 Å². The molecular weight excluding hydrogens is 432 g/mol. The third kappa shape index (κ3) is 3.73. The zero-order valence-corrected chi connectivity index (χ0v) is 18.0. The number of thiophene rings is 1. The van der Waals surface area contributed by atoms with Gasteiger partial charge in [-0.15, -0.1) is 11.3 Å². The molecule has 7 heteroatoms. The smallest absolute Gasteiger partial charge is 0.308 e. The summed E-state index contributed by atoms with van der Waals surface area (Å²) in [5.74, 6) is -1.13. The largest absolute Gasteiger partial charge is 0.481 e. The van der Waals surface area contributed by atoms with E-state index >= 15 is 0 Å². The van der Waals surface area contributed by atoms with Crippen LogP contribution in [0.4, 0.5) is 0 Å². The van der Waals surface area contributed by atoms with Gasteiger partial charge >= 0.3 is 5.97 Å². The minimum Gasteiger partial charge on any atom is -0.481 e. The first-order valence-electron chi connectivity index (χ1n) is 9.94. The second-order valence-corrected chi connectivity index (χ2v) is 9.18. The molecule has 5 rings (SSSR count). The van der Waals surface area contributed by atoms with Gasteiger partial charge in [0.15, 0.2) is 0 Å². The van der Waals surface area contributed by atoms with Crippen molar-refractivity contribution in [3.8, 4) is 0 Å². The van der Waals surface area contributed by atoms with E-state index in [4.69, 9.17) is 11.6 Å². The molecule has 2 aromatic heterocycles. The maximum Gasteiger partial charge on any atom is 0.308 e. The highest BCUT2D eigenvalue weighted by Gasteiger charge is 2.36. The fraction of sp³-hybridized carbons (Fsp3) is 0.167. The monoisotopic (exact) mass is 450 g/mol. The number of rotatable bonds is 5. The molecular formula is C24H19ClN2O3S. The zero-order valence-electron chi connectivity index (χ0n) is 16.4. The van der Waals surface area contributed by atoms with E-state index < -0.39 is 5.97 Å². The SMILES string of the molecule is O=C(O)Cc1sccc1[C@H]1c2ccccc2C[C@H]1NC(=O)c1cc2cc(Cl)ccc2[nH]1. The molecule has 0 saturated heterocycles. The number of carbonyl (C=O) groups excluding carboxylic acids is 1. The first-order chi connectivity index (χ1) is 15.0. The summed E-state index contributed by atoms with van der Waals surface area (Å²) in [4.78, 5) is 28.5. The van der Waals surface area contributed by atoms with Gasteiger partial charge < -0.3 is 15.4 Å². The molecule has 156 valence electrons. The standard InChI is InChI=1S/C24H19ClN2O3S/c25-15-5-6-18-14(9-15)11-20(26-18)24(30)27-19-10-13-3-1-2-4-16(13)23(19)17-7-8-31-21(17)12-22(28)29/h1-9,11,19,23,26H,10,12H2,(H,27,30)(H,28,29)/t19-,23-/m1/s1. The lowest BCUT2D eigenvalue weighted by Gasteiger charge is -2.22. The zero-order chi connectivity index (χ0) is 21.5. The Kier molecular flexibility index (Phi) is 5.04. The average molecular weight is 451 g/mol. The van der Waals surface area contributed by atoms with Crippen molar-refractivity contribution < 1.29 is 14.7 Å². The number of hydrogen-bond donors (Lipinski definition) is 3. The number of aliphatic carboxylic acids is 1. The molecule has 1 aliphatic rings. The molecule has 0 saturated carbocycles. The molecule has 31 heavy (non-hydrogen) atoms. The summed E-state index contributed by atoms with van der Waals surface area (Å²) >= 11 is 7.52. The van der Waals surface area contributed by atoms with Crippen LogP contribution in [0.5, 0.6) is 0 Å². The van der Waals surface area contributed by atoms with Crippen LogP contribution in [0.25, 0.3) is 10.9 Å². The van der Waals surface area contributed by atoms with Gasteiger partial charge in [0, 0.05) is 32.8 Å². The van der Waals surface area contributed by atoms with Gasteiger partial charge in [0.25, 0.3) is 5.91 Å². The van der Waals surface area contributed by atoms with Crippen LogP contribution in [0.3, 0.4) is 0 Å². The van der Waals surface area contributed by atoms with E-state index in [9.17, 15) is 14.7 Å². The highest BCUT2D eigenvalue weighted by Crippen LogP contribution is 2.41. The summed E-state index contributed by atoms with van der Waals surface area (Å²) in [5, 5.41) is 15.9. The van der Waals surface area contributed by atoms with Gasteiger partial charge in [0.1, 0.15) is 5.69 Å². The third-order valence-corrected chi connectivity index (χ3v) is 6.97. The Labute approximate surface area is 187 Å².